The molecule has 1 atom stereocenters. The van der Waals surface area contributed by atoms with Gasteiger partial charge in [-0.15, -0.1) is 0 Å². The first kappa shape index (κ1) is 20.1. The van der Waals surface area contributed by atoms with Crippen molar-refractivity contribution in [2.24, 2.45) is 0 Å². The lowest BCUT2D eigenvalue weighted by atomic mass is 10.0. The summed E-state index contributed by atoms with van der Waals surface area (Å²) in [7, 11) is 0. The lowest BCUT2D eigenvalue weighted by Crippen LogP contribution is -2.49. The van der Waals surface area contributed by atoms with Crippen molar-refractivity contribution in [1.29, 1.82) is 0 Å². The maximum atomic E-state index is 13.5. The smallest absolute Gasteiger partial charge is 0.257 e. The van der Waals surface area contributed by atoms with E-state index in [-0.39, 0.29) is 23.6 Å². The van der Waals surface area contributed by atoms with Gasteiger partial charge in [0.2, 0.25) is 5.91 Å². The van der Waals surface area contributed by atoms with Gasteiger partial charge in [-0.3, -0.25) is 14.6 Å². The molecular weight excluding hydrogens is 404 g/mol. The summed E-state index contributed by atoms with van der Waals surface area (Å²) >= 11 is 0. The first-order valence-electron chi connectivity index (χ1n) is 10.7. The molecule has 0 saturated carbocycles. The number of carbonyl (C=O) groups is 2. The molecule has 1 unspecified atom stereocenters. The number of fused-ring (bicyclic) bond motifs is 2. The van der Waals surface area contributed by atoms with Gasteiger partial charge in [0.05, 0.1) is 29.2 Å². The Morgan fingerprint density at radius 1 is 1.22 bits per heavy atom. The molecule has 5 rings (SSSR count). The number of pyridine rings is 1. The molecule has 2 aliphatic rings. The van der Waals surface area contributed by atoms with Crippen LogP contribution in [0.15, 0.2) is 61.4 Å². The Morgan fingerprint density at radius 3 is 2.91 bits per heavy atom. The van der Waals surface area contributed by atoms with Gasteiger partial charge in [0.15, 0.2) is 0 Å². The minimum Gasteiger partial charge on any atom is -0.508 e. The van der Waals surface area contributed by atoms with E-state index in [1.807, 2.05) is 29.2 Å². The third-order valence-electron chi connectivity index (χ3n) is 6.28. The average molecular weight is 428 g/mol. The molecular formula is C25H24N4O3. The molecule has 1 saturated heterocycles. The lowest BCUT2D eigenvalue weighted by molar-refractivity contribution is -0.127. The van der Waals surface area contributed by atoms with Crippen molar-refractivity contribution in [3.8, 4) is 5.75 Å². The topological polar surface area (TPSA) is 85.8 Å². The van der Waals surface area contributed by atoms with Crippen LogP contribution in [0, 0.1) is 0 Å². The molecule has 1 aromatic heterocycles. The van der Waals surface area contributed by atoms with Crippen LogP contribution < -0.4 is 5.32 Å². The highest BCUT2D eigenvalue weighted by molar-refractivity contribution is 6.05. The number of hydrogen-bond acceptors (Lipinski definition) is 5. The third kappa shape index (κ3) is 3.45. The molecule has 1 fully saturated rings. The fourth-order valence-corrected chi connectivity index (χ4v) is 4.75. The highest BCUT2D eigenvalue weighted by Gasteiger charge is 2.37. The molecule has 0 aliphatic carbocycles. The molecule has 162 valence electrons. The predicted octanol–water partition coefficient (Wildman–Crippen LogP) is 3.82. The van der Waals surface area contributed by atoms with E-state index in [1.165, 1.54) is 6.08 Å². The van der Waals surface area contributed by atoms with E-state index in [2.05, 4.69) is 16.9 Å². The fraction of sp³-hybridized carbons (Fsp3) is 0.240. The molecule has 2 N–H and O–H groups in total. The number of carbonyl (C=O) groups excluding carboxylic acids is 2. The van der Waals surface area contributed by atoms with Gasteiger partial charge in [0.25, 0.3) is 5.91 Å². The van der Waals surface area contributed by atoms with Gasteiger partial charge in [-0.1, -0.05) is 30.8 Å². The molecule has 7 nitrogen and oxygen atoms in total. The number of phenolic OH excluding ortho intramolecular Hbond substituents is 1. The number of nitrogens with zero attached hydrogens (tertiary/aromatic N) is 3. The standard InChI is InChI=1S/C25H24N4O3/c1-2-23(31)28-9-5-7-18(15-28)29-14-17-12-26-13-22(24(17)25(29)32)27-21-11-19(30)10-16-6-3-4-8-20(16)21/h2-4,6,8,10-13,18,27,30H,1,5,7,9,14-15H2. The summed E-state index contributed by atoms with van der Waals surface area (Å²) < 4.78 is 0. The van der Waals surface area contributed by atoms with Crippen LogP contribution >= 0.6 is 0 Å². The molecule has 7 heteroatoms. The van der Waals surface area contributed by atoms with E-state index >= 15 is 0 Å². The number of benzene rings is 2. The number of aromatic hydroxyl groups is 1. The molecule has 0 spiro atoms. The van der Waals surface area contributed by atoms with Crippen molar-refractivity contribution >= 4 is 34.0 Å². The lowest BCUT2D eigenvalue weighted by Gasteiger charge is -2.37. The molecule has 0 bridgehead atoms. The van der Waals surface area contributed by atoms with Gasteiger partial charge < -0.3 is 20.2 Å². The number of rotatable bonds is 4. The minimum atomic E-state index is -0.0985. The zero-order chi connectivity index (χ0) is 22.2. The number of nitrogens with one attached hydrogen (secondary N) is 1. The van der Waals surface area contributed by atoms with Crippen LogP contribution in [0.25, 0.3) is 10.8 Å². The maximum absolute atomic E-state index is 13.5. The maximum Gasteiger partial charge on any atom is 0.257 e. The van der Waals surface area contributed by atoms with E-state index in [0.29, 0.717) is 36.6 Å². The van der Waals surface area contributed by atoms with Gasteiger partial charge in [-0.05, 0) is 30.4 Å². The van der Waals surface area contributed by atoms with Crippen LogP contribution in [0.2, 0.25) is 0 Å². The van der Waals surface area contributed by atoms with Gasteiger partial charge >= 0.3 is 0 Å². The molecule has 2 amide bonds. The number of phenols is 1. The van der Waals surface area contributed by atoms with Gasteiger partial charge in [-0.2, -0.15) is 0 Å². The Bertz CT molecular complexity index is 1240. The van der Waals surface area contributed by atoms with Gasteiger partial charge in [0.1, 0.15) is 5.75 Å². The van der Waals surface area contributed by atoms with Crippen molar-refractivity contribution in [1.82, 2.24) is 14.8 Å². The monoisotopic (exact) mass is 428 g/mol. The Balaban J connectivity index is 1.45. The highest BCUT2D eigenvalue weighted by Crippen LogP contribution is 2.36. The van der Waals surface area contributed by atoms with Crippen LogP contribution in [0.4, 0.5) is 11.4 Å². The van der Waals surface area contributed by atoms with Crippen molar-refractivity contribution in [3.05, 3.63) is 72.6 Å². The van der Waals surface area contributed by atoms with Gasteiger partial charge in [0, 0.05) is 42.8 Å². The summed E-state index contributed by atoms with van der Waals surface area (Å²) in [4.78, 5) is 33.5. The van der Waals surface area contributed by atoms with E-state index in [0.717, 1.165) is 29.2 Å². The summed E-state index contributed by atoms with van der Waals surface area (Å²) in [5, 5.41) is 15.3. The van der Waals surface area contributed by atoms with Crippen molar-refractivity contribution in [2.75, 3.05) is 18.4 Å². The molecule has 3 heterocycles. The summed E-state index contributed by atoms with van der Waals surface area (Å²) in [5.74, 6) is -0.0141. The Kier molecular flexibility index (Phi) is 5.01. The van der Waals surface area contributed by atoms with Crippen molar-refractivity contribution in [2.45, 2.75) is 25.4 Å². The number of piperidine rings is 1. The van der Waals surface area contributed by atoms with Crippen LogP contribution in [0.3, 0.4) is 0 Å². The largest absolute Gasteiger partial charge is 0.508 e. The van der Waals surface area contributed by atoms with Crippen LogP contribution in [0.1, 0.15) is 28.8 Å². The van der Waals surface area contributed by atoms with Crippen LogP contribution in [-0.2, 0) is 11.3 Å². The fourth-order valence-electron chi connectivity index (χ4n) is 4.75. The molecule has 32 heavy (non-hydrogen) atoms. The first-order valence-corrected chi connectivity index (χ1v) is 10.7. The van der Waals surface area contributed by atoms with Crippen molar-refractivity contribution in [3.63, 3.8) is 0 Å². The zero-order valence-electron chi connectivity index (χ0n) is 17.6. The second-order valence-electron chi connectivity index (χ2n) is 8.28. The second-order valence-corrected chi connectivity index (χ2v) is 8.28. The number of aromatic nitrogens is 1. The summed E-state index contributed by atoms with van der Waals surface area (Å²) in [6.07, 6.45) is 6.41. The normalized spacial score (nSPS) is 18.0. The molecule has 2 aromatic carbocycles. The van der Waals surface area contributed by atoms with Crippen LogP contribution in [0.5, 0.6) is 5.75 Å². The molecule has 3 aromatic rings. The second kappa shape index (κ2) is 8.00. The predicted molar refractivity (Wildman–Crippen MR) is 123 cm³/mol. The zero-order valence-corrected chi connectivity index (χ0v) is 17.6. The molecule has 0 radical (unpaired) electrons. The highest BCUT2D eigenvalue weighted by atomic mass is 16.3. The van der Waals surface area contributed by atoms with E-state index in [9.17, 15) is 14.7 Å². The summed E-state index contributed by atoms with van der Waals surface area (Å²) in [6, 6.07) is 11.1. The quantitative estimate of drug-likeness (QED) is 0.617. The van der Waals surface area contributed by atoms with E-state index in [4.69, 9.17) is 0 Å². The van der Waals surface area contributed by atoms with Gasteiger partial charge in [-0.25, -0.2) is 0 Å². The number of hydrogen-bond donors (Lipinski definition) is 2. The average Bonchev–Trinajstić information content (AvgIpc) is 3.16. The summed E-state index contributed by atoms with van der Waals surface area (Å²) in [5.41, 5.74) is 2.78. The van der Waals surface area contributed by atoms with E-state index < -0.39 is 0 Å². The van der Waals surface area contributed by atoms with Crippen LogP contribution in [-0.4, -0.2) is 50.8 Å². The third-order valence-corrected chi connectivity index (χ3v) is 6.28. The van der Waals surface area contributed by atoms with E-state index in [1.54, 1.807) is 29.4 Å². The SMILES string of the molecule is C=CC(=O)N1CCCC(N2Cc3cncc(Nc4cc(O)cc5ccccc45)c3C2=O)C1. The Morgan fingerprint density at radius 2 is 2.06 bits per heavy atom. The number of amides is 2. The minimum absolute atomic E-state index is 0.0398. The Labute approximate surface area is 186 Å². The molecule has 2 aliphatic heterocycles. The number of anilines is 2. The first-order chi connectivity index (χ1) is 15.5. The number of likely N-dealkylation sites (tertiary alicyclic amines) is 1. The Hall–Kier alpha value is -3.87. The van der Waals surface area contributed by atoms with Crippen molar-refractivity contribution < 1.29 is 14.7 Å². The summed E-state index contributed by atoms with van der Waals surface area (Å²) in [6.45, 7) is 5.25.